The molecule has 0 atom stereocenters. The third-order valence-corrected chi connectivity index (χ3v) is 3.80. The standard InChI is InChI=1S/C15H25N2O2.CHF3O3S/c1-4-5-6-7-8-16-9-10-17(13-16)11-12-19-15(18)14(2)3;2-1(3,4)8(5,6)7/h9-10,13H,2,4-8,11-12H2,1,3H3;(H,5,6,7)/q+1;/p-1. The van der Waals surface area contributed by atoms with Crippen LogP contribution in [0, 0.1) is 0 Å². The molecule has 0 spiro atoms. The Labute approximate surface area is 157 Å². The zero-order valence-corrected chi connectivity index (χ0v) is 16.2. The van der Waals surface area contributed by atoms with Crippen LogP contribution in [0.15, 0.2) is 30.9 Å². The number of halogens is 3. The molecule has 27 heavy (non-hydrogen) atoms. The van der Waals surface area contributed by atoms with Crippen LogP contribution in [0.2, 0.25) is 0 Å². The van der Waals surface area contributed by atoms with Gasteiger partial charge in [0, 0.05) is 5.57 Å². The van der Waals surface area contributed by atoms with Crippen LogP contribution in [0.5, 0.6) is 0 Å². The van der Waals surface area contributed by atoms with E-state index in [-0.39, 0.29) is 5.97 Å². The van der Waals surface area contributed by atoms with Gasteiger partial charge >= 0.3 is 11.5 Å². The molecule has 0 aliphatic carbocycles. The average molecular weight is 414 g/mol. The summed E-state index contributed by atoms with van der Waals surface area (Å²) >= 11 is 0. The molecule has 1 aromatic rings. The number of hydrogen-bond donors (Lipinski definition) is 0. The molecule has 0 aliphatic heterocycles. The monoisotopic (exact) mass is 414 g/mol. The van der Waals surface area contributed by atoms with E-state index in [2.05, 4.69) is 30.6 Å². The Morgan fingerprint density at radius 2 is 1.89 bits per heavy atom. The van der Waals surface area contributed by atoms with Gasteiger partial charge in [-0.3, -0.25) is 0 Å². The largest absolute Gasteiger partial charge is 0.741 e. The first-order valence-corrected chi connectivity index (χ1v) is 9.69. The van der Waals surface area contributed by atoms with Crippen LogP contribution in [0.4, 0.5) is 13.2 Å². The summed E-state index contributed by atoms with van der Waals surface area (Å²) in [5, 5.41) is 0. The summed E-state index contributed by atoms with van der Waals surface area (Å²) < 4.78 is 68.2. The summed E-state index contributed by atoms with van der Waals surface area (Å²) in [4.78, 5) is 11.2. The van der Waals surface area contributed by atoms with Crippen LogP contribution >= 0.6 is 0 Å². The second kappa shape index (κ2) is 11.8. The van der Waals surface area contributed by atoms with Gasteiger partial charge in [0.15, 0.2) is 10.1 Å². The second-order valence-electron chi connectivity index (χ2n) is 5.77. The summed E-state index contributed by atoms with van der Waals surface area (Å²) in [6.45, 7) is 9.54. The van der Waals surface area contributed by atoms with Gasteiger partial charge in [-0.15, -0.1) is 0 Å². The first kappa shape index (κ1) is 25.1. The number of carbonyl (C=O) groups excluding carboxylic acids is 1. The number of aromatic nitrogens is 2. The van der Waals surface area contributed by atoms with Gasteiger partial charge in [-0.25, -0.2) is 22.3 Å². The predicted molar refractivity (Wildman–Crippen MR) is 90.3 cm³/mol. The lowest BCUT2D eigenvalue weighted by Gasteiger charge is -2.08. The van der Waals surface area contributed by atoms with Crippen molar-refractivity contribution in [3.05, 3.63) is 30.9 Å². The molecule has 11 heteroatoms. The number of carbonyl (C=O) groups is 1. The molecule has 0 bridgehead atoms. The Hall–Kier alpha value is -1.88. The van der Waals surface area contributed by atoms with E-state index in [9.17, 15) is 18.0 Å². The van der Waals surface area contributed by atoms with E-state index in [1.807, 2.05) is 10.8 Å². The van der Waals surface area contributed by atoms with E-state index in [1.165, 1.54) is 25.7 Å². The Bertz CT molecular complexity index is 699. The van der Waals surface area contributed by atoms with Gasteiger partial charge in [-0.1, -0.05) is 26.3 Å². The maximum atomic E-state index is 11.2. The molecule has 0 radical (unpaired) electrons. The number of alkyl halides is 3. The van der Waals surface area contributed by atoms with Gasteiger partial charge in [0.25, 0.3) is 0 Å². The highest BCUT2D eigenvalue weighted by atomic mass is 32.2. The van der Waals surface area contributed by atoms with Crippen molar-refractivity contribution in [3.63, 3.8) is 0 Å². The highest BCUT2D eigenvalue weighted by molar-refractivity contribution is 7.86. The highest BCUT2D eigenvalue weighted by Gasteiger charge is 2.36. The lowest BCUT2D eigenvalue weighted by Crippen LogP contribution is -2.31. The quantitative estimate of drug-likeness (QED) is 0.155. The van der Waals surface area contributed by atoms with Gasteiger partial charge < -0.3 is 9.29 Å². The molecule has 1 heterocycles. The van der Waals surface area contributed by atoms with Crippen LogP contribution in [0.25, 0.3) is 0 Å². The summed E-state index contributed by atoms with van der Waals surface area (Å²) in [5.74, 6) is -0.320. The lowest BCUT2D eigenvalue weighted by molar-refractivity contribution is -0.696. The number of ether oxygens (including phenoxy) is 1. The number of unbranched alkanes of at least 4 members (excludes halogenated alkanes) is 3. The first-order valence-electron chi connectivity index (χ1n) is 8.28. The van der Waals surface area contributed by atoms with Gasteiger partial charge in [0.1, 0.15) is 25.5 Å². The minimum atomic E-state index is -6.09. The zero-order chi connectivity index (χ0) is 21.1. The summed E-state index contributed by atoms with van der Waals surface area (Å²) in [7, 11) is -6.09. The lowest BCUT2D eigenvalue weighted by atomic mass is 10.2. The molecule has 7 nitrogen and oxygen atoms in total. The smallest absolute Gasteiger partial charge is 0.485 e. The second-order valence-corrected chi connectivity index (χ2v) is 7.14. The molecule has 1 aromatic heterocycles. The first-order chi connectivity index (χ1) is 12.4. The fraction of sp³-hybridized carbons (Fsp3) is 0.625. The number of rotatable bonds is 9. The highest BCUT2D eigenvalue weighted by Crippen LogP contribution is 2.20. The third-order valence-electron chi connectivity index (χ3n) is 3.23. The van der Waals surface area contributed by atoms with Crippen molar-refractivity contribution in [1.82, 2.24) is 4.57 Å². The van der Waals surface area contributed by atoms with E-state index in [0.717, 1.165) is 6.54 Å². The fourth-order valence-electron chi connectivity index (χ4n) is 1.79. The number of aryl methyl sites for hydroxylation is 1. The van der Waals surface area contributed by atoms with E-state index in [4.69, 9.17) is 17.7 Å². The number of esters is 1. The molecule has 0 aliphatic rings. The minimum absolute atomic E-state index is 0.320. The molecule has 0 fully saturated rings. The minimum Gasteiger partial charge on any atom is -0.741 e. The average Bonchev–Trinajstić information content (AvgIpc) is 2.98. The van der Waals surface area contributed by atoms with Crippen molar-refractivity contribution in [3.8, 4) is 0 Å². The Balaban J connectivity index is 0.000000713. The molecule has 0 aromatic carbocycles. The summed E-state index contributed by atoms with van der Waals surface area (Å²) in [5.41, 5.74) is -5.20. The molecule has 0 N–H and O–H groups in total. The van der Waals surface area contributed by atoms with Crippen LogP contribution in [0.1, 0.15) is 39.5 Å². The number of hydrogen-bond acceptors (Lipinski definition) is 5. The molecule has 156 valence electrons. The third kappa shape index (κ3) is 11.4. The van der Waals surface area contributed by atoms with Crippen molar-refractivity contribution < 1.29 is 40.2 Å². The van der Waals surface area contributed by atoms with Crippen LogP contribution in [-0.4, -0.2) is 35.6 Å². The van der Waals surface area contributed by atoms with Crippen LogP contribution in [0.3, 0.4) is 0 Å². The van der Waals surface area contributed by atoms with Gasteiger partial charge in [0.05, 0.1) is 6.54 Å². The fourth-order valence-corrected chi connectivity index (χ4v) is 1.79. The maximum Gasteiger partial charge on any atom is 0.485 e. The number of nitrogens with zero attached hydrogens (tertiary/aromatic N) is 2. The van der Waals surface area contributed by atoms with Crippen molar-refractivity contribution in [2.45, 2.75) is 58.1 Å². The van der Waals surface area contributed by atoms with Crippen molar-refractivity contribution >= 4 is 16.1 Å². The van der Waals surface area contributed by atoms with Crippen molar-refractivity contribution in [1.29, 1.82) is 0 Å². The summed E-state index contributed by atoms with van der Waals surface area (Å²) in [6, 6.07) is 0. The SMILES string of the molecule is C=C(C)C(=O)OCCn1cc[n+](CCCCCC)c1.O=S(=O)([O-])C(F)(F)F. The Morgan fingerprint density at radius 3 is 2.37 bits per heavy atom. The molecule has 0 saturated heterocycles. The van der Waals surface area contributed by atoms with E-state index < -0.39 is 15.6 Å². The molecule has 0 amide bonds. The molecule has 1 rings (SSSR count). The molecule has 0 unspecified atom stereocenters. The van der Waals surface area contributed by atoms with Gasteiger partial charge in [0.2, 0.25) is 6.33 Å². The van der Waals surface area contributed by atoms with Gasteiger partial charge in [-0.2, -0.15) is 13.2 Å². The van der Waals surface area contributed by atoms with E-state index in [1.54, 1.807) is 6.92 Å². The van der Waals surface area contributed by atoms with Gasteiger partial charge in [-0.05, 0) is 19.8 Å². The van der Waals surface area contributed by atoms with Crippen LogP contribution < -0.4 is 4.57 Å². The summed E-state index contributed by atoms with van der Waals surface area (Å²) in [6.07, 6.45) is 11.2. The Kier molecular flexibility index (Phi) is 10.9. The topological polar surface area (TPSA) is 92.3 Å². The van der Waals surface area contributed by atoms with Crippen molar-refractivity contribution in [2.24, 2.45) is 0 Å². The predicted octanol–water partition coefficient (Wildman–Crippen LogP) is 2.53. The normalized spacial score (nSPS) is 11.5. The molecule has 0 saturated carbocycles. The Morgan fingerprint density at radius 1 is 1.30 bits per heavy atom. The van der Waals surface area contributed by atoms with Crippen molar-refractivity contribution in [2.75, 3.05) is 6.61 Å². The molecular formula is C16H25F3N2O5S. The number of imidazole rings is 1. The zero-order valence-electron chi connectivity index (χ0n) is 15.4. The molecular weight excluding hydrogens is 389 g/mol. The van der Waals surface area contributed by atoms with E-state index in [0.29, 0.717) is 18.7 Å². The van der Waals surface area contributed by atoms with Crippen LogP contribution in [-0.2, 0) is 32.7 Å². The van der Waals surface area contributed by atoms with E-state index >= 15 is 0 Å². The maximum absolute atomic E-state index is 11.2.